The van der Waals surface area contributed by atoms with Gasteiger partial charge >= 0.3 is 0 Å². The van der Waals surface area contributed by atoms with Crippen molar-refractivity contribution < 1.29 is 9.53 Å². The second-order valence-electron chi connectivity index (χ2n) is 5.06. The molecule has 0 saturated carbocycles. The molecule has 3 heteroatoms. The maximum Gasteiger partial charge on any atom is 0.251 e. The first kappa shape index (κ1) is 15.1. The molecule has 0 saturated heterocycles. The normalized spacial score (nSPS) is 11.8. The lowest BCUT2D eigenvalue weighted by molar-refractivity contribution is 0.0940. The van der Waals surface area contributed by atoms with Crippen LogP contribution in [-0.4, -0.2) is 12.5 Å². The van der Waals surface area contributed by atoms with Crippen LogP contribution in [0, 0.1) is 6.92 Å². The van der Waals surface area contributed by atoms with Crippen LogP contribution < -0.4 is 10.1 Å². The highest BCUT2D eigenvalue weighted by atomic mass is 16.5. The van der Waals surface area contributed by atoms with Crippen molar-refractivity contribution in [3.05, 3.63) is 65.2 Å². The molecule has 3 nitrogen and oxygen atoms in total. The van der Waals surface area contributed by atoms with E-state index in [1.807, 2.05) is 45.0 Å². The molecule has 21 heavy (non-hydrogen) atoms. The largest absolute Gasteiger partial charge is 0.494 e. The molecule has 2 rings (SSSR count). The van der Waals surface area contributed by atoms with Gasteiger partial charge in [0.05, 0.1) is 12.6 Å². The second-order valence-corrected chi connectivity index (χ2v) is 5.06. The molecule has 0 aliphatic carbocycles. The Labute approximate surface area is 126 Å². The smallest absolute Gasteiger partial charge is 0.251 e. The van der Waals surface area contributed by atoms with Gasteiger partial charge in [-0.25, -0.2) is 0 Å². The van der Waals surface area contributed by atoms with Crippen LogP contribution in [0.1, 0.15) is 41.4 Å². The van der Waals surface area contributed by atoms with E-state index in [9.17, 15) is 4.79 Å². The SMILES string of the molecule is CCOc1ccc(C(=O)N[C@@H](C)c2ccc(C)cc2)cc1. The number of carbonyl (C=O) groups is 1. The fourth-order valence-corrected chi connectivity index (χ4v) is 2.09. The van der Waals surface area contributed by atoms with E-state index in [-0.39, 0.29) is 11.9 Å². The van der Waals surface area contributed by atoms with Crippen LogP contribution in [0.3, 0.4) is 0 Å². The second kappa shape index (κ2) is 6.93. The van der Waals surface area contributed by atoms with Gasteiger partial charge in [-0.2, -0.15) is 0 Å². The lowest BCUT2D eigenvalue weighted by Crippen LogP contribution is -2.26. The van der Waals surface area contributed by atoms with Crippen molar-refractivity contribution in [2.75, 3.05) is 6.61 Å². The van der Waals surface area contributed by atoms with E-state index in [2.05, 4.69) is 17.4 Å². The third kappa shape index (κ3) is 4.09. The first-order chi connectivity index (χ1) is 10.1. The number of ether oxygens (including phenoxy) is 1. The molecule has 2 aromatic rings. The van der Waals surface area contributed by atoms with Crippen molar-refractivity contribution in [1.82, 2.24) is 5.32 Å². The number of hydrogen-bond donors (Lipinski definition) is 1. The Balaban J connectivity index is 2.01. The zero-order chi connectivity index (χ0) is 15.2. The number of aryl methyl sites for hydroxylation is 1. The van der Waals surface area contributed by atoms with E-state index in [0.717, 1.165) is 11.3 Å². The molecule has 110 valence electrons. The van der Waals surface area contributed by atoms with Crippen LogP contribution >= 0.6 is 0 Å². The third-order valence-electron chi connectivity index (χ3n) is 3.35. The minimum absolute atomic E-state index is 0.0235. The van der Waals surface area contributed by atoms with Gasteiger partial charge in [-0.3, -0.25) is 4.79 Å². The van der Waals surface area contributed by atoms with Gasteiger partial charge in [0.25, 0.3) is 5.91 Å². The van der Waals surface area contributed by atoms with E-state index >= 15 is 0 Å². The zero-order valence-corrected chi connectivity index (χ0v) is 12.7. The average molecular weight is 283 g/mol. The summed E-state index contributed by atoms with van der Waals surface area (Å²) in [4.78, 5) is 12.2. The Morgan fingerprint density at radius 1 is 1.10 bits per heavy atom. The zero-order valence-electron chi connectivity index (χ0n) is 12.7. The van der Waals surface area contributed by atoms with Gasteiger partial charge in [0.15, 0.2) is 0 Å². The minimum Gasteiger partial charge on any atom is -0.494 e. The minimum atomic E-state index is -0.0777. The average Bonchev–Trinajstić information content (AvgIpc) is 2.49. The van der Waals surface area contributed by atoms with Gasteiger partial charge in [0.2, 0.25) is 0 Å². The Kier molecular flexibility index (Phi) is 4.99. The van der Waals surface area contributed by atoms with Crippen molar-refractivity contribution in [3.8, 4) is 5.75 Å². The first-order valence-corrected chi connectivity index (χ1v) is 7.20. The molecule has 1 amide bonds. The number of benzene rings is 2. The Bertz CT molecular complexity index is 588. The topological polar surface area (TPSA) is 38.3 Å². The molecule has 0 aliphatic rings. The van der Waals surface area contributed by atoms with Crippen LogP contribution in [0.2, 0.25) is 0 Å². The lowest BCUT2D eigenvalue weighted by atomic mass is 10.1. The molecule has 0 bridgehead atoms. The highest BCUT2D eigenvalue weighted by molar-refractivity contribution is 5.94. The summed E-state index contributed by atoms with van der Waals surface area (Å²) >= 11 is 0. The Morgan fingerprint density at radius 3 is 2.29 bits per heavy atom. The van der Waals surface area contributed by atoms with E-state index < -0.39 is 0 Å². The first-order valence-electron chi connectivity index (χ1n) is 7.20. The van der Waals surface area contributed by atoms with Gasteiger partial charge in [-0.05, 0) is 50.6 Å². The molecular formula is C18H21NO2. The van der Waals surface area contributed by atoms with Crippen molar-refractivity contribution >= 4 is 5.91 Å². The molecule has 0 heterocycles. The molecule has 0 aromatic heterocycles. The maximum atomic E-state index is 12.2. The van der Waals surface area contributed by atoms with E-state index in [4.69, 9.17) is 4.74 Å². The van der Waals surface area contributed by atoms with Gasteiger partial charge in [0, 0.05) is 5.56 Å². The lowest BCUT2D eigenvalue weighted by Gasteiger charge is -2.15. The number of amides is 1. The Hall–Kier alpha value is -2.29. The fraction of sp³-hybridized carbons (Fsp3) is 0.278. The molecule has 0 aliphatic heterocycles. The van der Waals surface area contributed by atoms with Crippen molar-refractivity contribution in [2.45, 2.75) is 26.8 Å². The number of carbonyl (C=O) groups excluding carboxylic acids is 1. The standard InChI is InChI=1S/C18H21NO2/c1-4-21-17-11-9-16(10-12-17)18(20)19-14(3)15-7-5-13(2)6-8-15/h5-12,14H,4H2,1-3H3,(H,19,20)/t14-/m0/s1. The number of nitrogens with one attached hydrogen (secondary N) is 1. The van der Waals surface area contributed by atoms with Gasteiger partial charge < -0.3 is 10.1 Å². The van der Waals surface area contributed by atoms with Gasteiger partial charge in [-0.15, -0.1) is 0 Å². The molecule has 0 spiro atoms. The molecule has 1 N–H and O–H groups in total. The summed E-state index contributed by atoms with van der Waals surface area (Å²) < 4.78 is 5.37. The van der Waals surface area contributed by atoms with E-state index in [1.54, 1.807) is 12.1 Å². The summed E-state index contributed by atoms with van der Waals surface area (Å²) in [6.45, 7) is 6.59. The summed E-state index contributed by atoms with van der Waals surface area (Å²) in [5.41, 5.74) is 2.95. The van der Waals surface area contributed by atoms with Crippen molar-refractivity contribution in [2.24, 2.45) is 0 Å². The highest BCUT2D eigenvalue weighted by Gasteiger charge is 2.11. The third-order valence-corrected chi connectivity index (χ3v) is 3.35. The van der Waals surface area contributed by atoms with E-state index in [1.165, 1.54) is 5.56 Å². The summed E-state index contributed by atoms with van der Waals surface area (Å²) in [6.07, 6.45) is 0. The van der Waals surface area contributed by atoms with Crippen molar-refractivity contribution in [3.63, 3.8) is 0 Å². The van der Waals surface area contributed by atoms with Crippen LogP contribution in [0.4, 0.5) is 0 Å². The Morgan fingerprint density at radius 2 is 1.71 bits per heavy atom. The van der Waals surface area contributed by atoms with Crippen LogP contribution in [0.5, 0.6) is 5.75 Å². The molecular weight excluding hydrogens is 262 g/mol. The van der Waals surface area contributed by atoms with Gasteiger partial charge in [-0.1, -0.05) is 29.8 Å². The molecule has 0 fully saturated rings. The monoisotopic (exact) mass is 283 g/mol. The van der Waals surface area contributed by atoms with Crippen LogP contribution in [0.15, 0.2) is 48.5 Å². The molecule has 2 aromatic carbocycles. The summed E-state index contributed by atoms with van der Waals surface area (Å²) in [7, 11) is 0. The molecule has 0 unspecified atom stereocenters. The van der Waals surface area contributed by atoms with Crippen molar-refractivity contribution in [1.29, 1.82) is 0 Å². The summed E-state index contributed by atoms with van der Waals surface area (Å²) in [5.74, 6) is 0.701. The highest BCUT2D eigenvalue weighted by Crippen LogP contribution is 2.16. The van der Waals surface area contributed by atoms with Crippen LogP contribution in [-0.2, 0) is 0 Å². The maximum absolute atomic E-state index is 12.2. The predicted molar refractivity (Wildman–Crippen MR) is 84.7 cm³/mol. The number of rotatable bonds is 5. The molecule has 1 atom stereocenters. The molecule has 0 radical (unpaired) electrons. The van der Waals surface area contributed by atoms with E-state index in [0.29, 0.717) is 12.2 Å². The fourth-order valence-electron chi connectivity index (χ4n) is 2.09. The van der Waals surface area contributed by atoms with Gasteiger partial charge in [0.1, 0.15) is 5.75 Å². The quantitative estimate of drug-likeness (QED) is 0.904. The summed E-state index contributed by atoms with van der Waals surface area (Å²) in [6, 6.07) is 15.3. The predicted octanol–water partition coefficient (Wildman–Crippen LogP) is 3.88. The summed E-state index contributed by atoms with van der Waals surface area (Å²) in [5, 5.41) is 3.00. The van der Waals surface area contributed by atoms with Crippen LogP contribution in [0.25, 0.3) is 0 Å². The number of hydrogen-bond acceptors (Lipinski definition) is 2.